The van der Waals surface area contributed by atoms with Crippen molar-refractivity contribution in [2.45, 2.75) is 58.5 Å². The van der Waals surface area contributed by atoms with E-state index in [0.717, 1.165) is 48.2 Å². The fraction of sp³-hybridized carbons (Fsp3) is 0.538. The van der Waals surface area contributed by atoms with E-state index in [1.807, 2.05) is 55.4 Å². The first kappa shape index (κ1) is 23.4. The Morgan fingerprint density at radius 2 is 1.91 bits per heavy atom. The summed E-state index contributed by atoms with van der Waals surface area (Å²) in [5.41, 5.74) is 2.23. The van der Waals surface area contributed by atoms with E-state index in [9.17, 15) is 9.59 Å². The molecule has 2 aliphatic heterocycles. The Morgan fingerprint density at radius 1 is 1.18 bits per heavy atom. The van der Waals surface area contributed by atoms with Crippen LogP contribution >= 0.6 is 0 Å². The molecule has 1 aromatic carbocycles. The van der Waals surface area contributed by atoms with Gasteiger partial charge in [0.15, 0.2) is 0 Å². The monoisotopic (exact) mass is 449 g/mol. The Morgan fingerprint density at radius 3 is 2.61 bits per heavy atom. The normalized spacial score (nSPS) is 22.6. The van der Waals surface area contributed by atoms with E-state index < -0.39 is 5.54 Å². The third-order valence-corrected chi connectivity index (χ3v) is 7.09. The summed E-state index contributed by atoms with van der Waals surface area (Å²) in [6, 6.07) is 7.79. The quantitative estimate of drug-likeness (QED) is 0.703. The summed E-state index contributed by atoms with van der Waals surface area (Å²) < 4.78 is 0. The van der Waals surface area contributed by atoms with Crippen LogP contribution in [0.4, 0.5) is 0 Å². The highest BCUT2D eigenvalue weighted by atomic mass is 16.2. The van der Waals surface area contributed by atoms with E-state index in [4.69, 9.17) is 0 Å². The maximum atomic E-state index is 13.6. The molecule has 4 rings (SSSR count). The van der Waals surface area contributed by atoms with Gasteiger partial charge in [-0.05, 0) is 44.7 Å². The first-order valence-corrected chi connectivity index (χ1v) is 12.2. The van der Waals surface area contributed by atoms with Crippen molar-refractivity contribution in [3.63, 3.8) is 0 Å². The number of aromatic nitrogens is 2. The molecule has 3 heterocycles. The van der Waals surface area contributed by atoms with Gasteiger partial charge >= 0.3 is 0 Å². The molecule has 1 fully saturated rings. The minimum absolute atomic E-state index is 0.0745. The van der Waals surface area contributed by atoms with Crippen molar-refractivity contribution < 1.29 is 9.59 Å². The van der Waals surface area contributed by atoms with Crippen molar-refractivity contribution in [1.82, 2.24) is 25.1 Å². The van der Waals surface area contributed by atoms with Crippen molar-refractivity contribution >= 4 is 11.8 Å². The number of aryl methyl sites for hydroxylation is 2. The third kappa shape index (κ3) is 4.78. The average molecular weight is 450 g/mol. The molecule has 0 radical (unpaired) electrons. The molecule has 7 nitrogen and oxygen atoms in total. The predicted octanol–water partition coefficient (Wildman–Crippen LogP) is 2.84. The van der Waals surface area contributed by atoms with Crippen molar-refractivity contribution in [2.24, 2.45) is 5.92 Å². The lowest BCUT2D eigenvalue weighted by atomic mass is 9.81. The summed E-state index contributed by atoms with van der Waals surface area (Å²) >= 11 is 0. The van der Waals surface area contributed by atoms with E-state index in [1.165, 1.54) is 0 Å². The van der Waals surface area contributed by atoms with Crippen LogP contribution in [0.25, 0.3) is 0 Å². The van der Waals surface area contributed by atoms with Crippen LogP contribution in [-0.2, 0) is 24.2 Å². The van der Waals surface area contributed by atoms with E-state index in [1.54, 1.807) is 0 Å². The number of nitrogens with one attached hydrogen (secondary N) is 1. The first-order chi connectivity index (χ1) is 16.0. The van der Waals surface area contributed by atoms with Gasteiger partial charge in [0.05, 0.1) is 11.5 Å². The third-order valence-electron chi connectivity index (χ3n) is 7.09. The molecule has 1 spiro atoms. The van der Waals surface area contributed by atoms with Gasteiger partial charge in [-0.25, -0.2) is 9.97 Å². The minimum atomic E-state index is -0.585. The largest absolute Gasteiger partial charge is 0.344 e. The maximum absolute atomic E-state index is 13.6. The second-order valence-electron chi connectivity index (χ2n) is 9.26. The van der Waals surface area contributed by atoms with Gasteiger partial charge in [0.2, 0.25) is 5.91 Å². The van der Waals surface area contributed by atoms with Gasteiger partial charge in [-0.15, -0.1) is 0 Å². The molecule has 1 N–H and O–H groups in total. The van der Waals surface area contributed by atoms with Gasteiger partial charge in [0, 0.05) is 62.7 Å². The summed E-state index contributed by atoms with van der Waals surface area (Å²) in [4.78, 5) is 40.0. The van der Waals surface area contributed by atoms with Crippen molar-refractivity contribution in [3.8, 4) is 0 Å². The Balaban J connectivity index is 1.60. The van der Waals surface area contributed by atoms with Crippen LogP contribution in [0, 0.1) is 5.92 Å². The van der Waals surface area contributed by atoms with Crippen LogP contribution < -0.4 is 5.32 Å². The number of hydrogen-bond donors (Lipinski definition) is 1. The molecule has 2 amide bonds. The molecule has 0 aliphatic carbocycles. The number of likely N-dealkylation sites (tertiary alicyclic amines) is 1. The summed E-state index contributed by atoms with van der Waals surface area (Å²) in [6.07, 6.45) is 7.21. The van der Waals surface area contributed by atoms with Crippen LogP contribution in [0.3, 0.4) is 0 Å². The van der Waals surface area contributed by atoms with Crippen LogP contribution in [0.2, 0.25) is 0 Å². The zero-order valence-corrected chi connectivity index (χ0v) is 20.0. The smallest absolute Gasteiger partial charge is 0.252 e. The number of carbonyl (C=O) groups excluding carboxylic acids is 2. The average Bonchev–Trinajstić information content (AvgIpc) is 3.10. The van der Waals surface area contributed by atoms with Gasteiger partial charge < -0.3 is 10.2 Å². The number of benzene rings is 1. The molecule has 7 heteroatoms. The highest BCUT2D eigenvalue weighted by Gasteiger charge is 2.52. The Labute approximate surface area is 196 Å². The fourth-order valence-corrected chi connectivity index (χ4v) is 5.32. The standard InChI is InChI=1S/C26H35N5O2/c1-4-9-23-27-14-19(15-28-23)16-30-17-22(25(33)31(5-2)6-3)26(18-30)13-12-20-10-7-8-11-21(20)24(32)29-26/h7-8,10-11,14-15,22H,4-6,9,12-13,16-18H2,1-3H3,(H,29,32)/t22-,26+/m1/s1. The summed E-state index contributed by atoms with van der Waals surface area (Å²) in [5.74, 6) is 0.635. The Hall–Kier alpha value is -2.80. The van der Waals surface area contributed by atoms with Crippen molar-refractivity contribution in [2.75, 3.05) is 26.2 Å². The number of hydrogen-bond acceptors (Lipinski definition) is 5. The summed E-state index contributed by atoms with van der Waals surface area (Å²) in [6.45, 7) is 9.40. The molecule has 2 aliphatic rings. The lowest BCUT2D eigenvalue weighted by Crippen LogP contribution is -2.58. The van der Waals surface area contributed by atoms with Crippen LogP contribution in [0.5, 0.6) is 0 Å². The number of amides is 2. The van der Waals surface area contributed by atoms with Crippen molar-refractivity contribution in [1.29, 1.82) is 0 Å². The molecule has 1 saturated heterocycles. The van der Waals surface area contributed by atoms with Gasteiger partial charge in [0.1, 0.15) is 5.82 Å². The zero-order valence-electron chi connectivity index (χ0n) is 20.0. The maximum Gasteiger partial charge on any atom is 0.252 e. The molecule has 0 unspecified atom stereocenters. The van der Waals surface area contributed by atoms with E-state index in [2.05, 4.69) is 27.1 Å². The van der Waals surface area contributed by atoms with E-state index in [-0.39, 0.29) is 17.7 Å². The second-order valence-corrected chi connectivity index (χ2v) is 9.26. The minimum Gasteiger partial charge on any atom is -0.344 e. The molecule has 2 aromatic rings. The summed E-state index contributed by atoms with van der Waals surface area (Å²) in [7, 11) is 0. The van der Waals surface area contributed by atoms with Gasteiger partial charge in [-0.2, -0.15) is 0 Å². The van der Waals surface area contributed by atoms with Crippen LogP contribution in [0.1, 0.15) is 60.9 Å². The summed E-state index contributed by atoms with van der Waals surface area (Å²) in [5, 5.41) is 3.33. The molecule has 176 valence electrons. The Bertz CT molecular complexity index is 988. The molecular formula is C26H35N5O2. The molecule has 33 heavy (non-hydrogen) atoms. The molecule has 0 saturated carbocycles. The SMILES string of the molecule is CCCc1ncc(CN2C[C@H](C(=O)N(CC)CC)[C@]3(CCc4ccccc4C(=O)N3)C2)cn1. The van der Waals surface area contributed by atoms with Gasteiger partial charge in [-0.3, -0.25) is 14.5 Å². The van der Waals surface area contributed by atoms with Crippen LogP contribution in [-0.4, -0.2) is 63.3 Å². The molecule has 1 aromatic heterocycles. The Kier molecular flexibility index (Phi) is 7.08. The zero-order chi connectivity index (χ0) is 23.4. The second kappa shape index (κ2) is 10.00. The lowest BCUT2D eigenvalue weighted by molar-refractivity contribution is -0.136. The van der Waals surface area contributed by atoms with Gasteiger partial charge in [0.25, 0.3) is 5.91 Å². The molecule has 0 bridgehead atoms. The number of fused-ring (bicyclic) bond motifs is 1. The molecule has 2 atom stereocenters. The fourth-order valence-electron chi connectivity index (χ4n) is 5.32. The van der Waals surface area contributed by atoms with Crippen molar-refractivity contribution in [3.05, 3.63) is 59.2 Å². The molecular weight excluding hydrogens is 414 g/mol. The van der Waals surface area contributed by atoms with E-state index >= 15 is 0 Å². The first-order valence-electron chi connectivity index (χ1n) is 12.2. The highest BCUT2D eigenvalue weighted by Crippen LogP contribution is 2.37. The lowest BCUT2D eigenvalue weighted by Gasteiger charge is -2.36. The topological polar surface area (TPSA) is 78.4 Å². The van der Waals surface area contributed by atoms with Gasteiger partial charge in [-0.1, -0.05) is 25.1 Å². The number of nitrogens with zero attached hydrogens (tertiary/aromatic N) is 4. The van der Waals surface area contributed by atoms with E-state index in [0.29, 0.717) is 32.7 Å². The number of carbonyl (C=O) groups is 2. The highest BCUT2D eigenvalue weighted by molar-refractivity contribution is 5.97. The predicted molar refractivity (Wildman–Crippen MR) is 128 cm³/mol. The van der Waals surface area contributed by atoms with Crippen LogP contribution in [0.15, 0.2) is 36.7 Å². The number of rotatable bonds is 7.